The van der Waals surface area contributed by atoms with Crippen molar-refractivity contribution in [2.24, 2.45) is 56.7 Å². The molecule has 1 aromatic rings. The zero-order valence-electron chi connectivity index (χ0n) is 30.9. The average Bonchev–Trinajstić information content (AvgIpc) is 3.59. The molecule has 48 heavy (non-hydrogen) atoms. The second-order valence-electron chi connectivity index (χ2n) is 18.4. The molecule has 2 N–H and O–H groups in total. The number of aliphatic carboxylic acids is 1. The Kier molecular flexibility index (Phi) is 8.57. The van der Waals surface area contributed by atoms with E-state index in [-0.39, 0.29) is 44.8 Å². The Morgan fingerprint density at radius 1 is 1.06 bits per heavy atom. The maximum atomic E-state index is 13.5. The topological polar surface area (TPSA) is 108 Å². The number of ether oxygens (including phenoxy) is 3. The molecule has 6 aliphatic rings. The first-order valence-corrected chi connectivity index (χ1v) is 18.9. The van der Waals surface area contributed by atoms with Gasteiger partial charge in [0.1, 0.15) is 12.7 Å². The van der Waals surface area contributed by atoms with Gasteiger partial charge in [-0.05, 0) is 98.3 Å². The van der Waals surface area contributed by atoms with E-state index >= 15 is 0 Å². The van der Waals surface area contributed by atoms with E-state index in [2.05, 4.69) is 76.6 Å². The van der Waals surface area contributed by atoms with Crippen LogP contribution in [-0.2, 0) is 19.0 Å². The largest absolute Gasteiger partial charge is 0.481 e. The highest BCUT2D eigenvalue weighted by Crippen LogP contribution is 2.75. The molecule has 2 bridgehead atoms. The fourth-order valence-corrected chi connectivity index (χ4v) is 13.0. The van der Waals surface area contributed by atoms with Gasteiger partial charge in [0.25, 0.3) is 0 Å². The lowest BCUT2D eigenvalue weighted by Gasteiger charge is -2.71. The number of allylic oxidation sites excluding steroid dienone is 1. The van der Waals surface area contributed by atoms with Gasteiger partial charge in [0.2, 0.25) is 0 Å². The number of carbonyl (C=O) groups is 1. The molecule has 9 heteroatoms. The van der Waals surface area contributed by atoms with Gasteiger partial charge in [-0.1, -0.05) is 60.1 Å². The fraction of sp³-hybridized carbons (Fsp3) is 0.872. The molecule has 268 valence electrons. The summed E-state index contributed by atoms with van der Waals surface area (Å²) in [6, 6.07) is 0.0282. The second-order valence-corrected chi connectivity index (χ2v) is 18.4. The molecule has 0 aromatic carbocycles. The highest BCUT2D eigenvalue weighted by atomic mass is 16.5. The molecule has 0 amide bonds. The van der Waals surface area contributed by atoms with Crippen molar-refractivity contribution in [3.63, 3.8) is 0 Å². The van der Waals surface area contributed by atoms with Crippen molar-refractivity contribution in [2.45, 2.75) is 118 Å². The van der Waals surface area contributed by atoms with Crippen molar-refractivity contribution in [1.29, 1.82) is 0 Å². The second kappa shape index (κ2) is 11.9. The van der Waals surface area contributed by atoms with Crippen molar-refractivity contribution >= 4 is 5.97 Å². The molecule has 3 heterocycles. The van der Waals surface area contributed by atoms with Crippen molar-refractivity contribution in [3.8, 4) is 0 Å². The number of fused-ring (bicyclic) bond motifs is 3. The molecular formula is C39H62N4O5. The highest BCUT2D eigenvalue weighted by Gasteiger charge is 2.72. The third kappa shape index (κ3) is 4.72. The van der Waals surface area contributed by atoms with Gasteiger partial charge in [-0.2, -0.15) is 5.10 Å². The summed E-state index contributed by atoms with van der Waals surface area (Å²) >= 11 is 0. The molecule has 1 aromatic heterocycles. The molecule has 11 atom stereocenters. The van der Waals surface area contributed by atoms with Crippen molar-refractivity contribution in [3.05, 3.63) is 24.3 Å². The number of hydrogen-bond donors (Lipinski definition) is 2. The van der Waals surface area contributed by atoms with E-state index in [9.17, 15) is 9.90 Å². The maximum Gasteiger partial charge on any atom is 0.307 e. The van der Waals surface area contributed by atoms with Gasteiger partial charge in [0, 0.05) is 29.6 Å². The molecule has 4 aliphatic carbocycles. The minimum absolute atomic E-state index is 0.0282. The first-order valence-electron chi connectivity index (χ1n) is 18.9. The van der Waals surface area contributed by atoms with Gasteiger partial charge in [-0.15, -0.1) is 0 Å². The van der Waals surface area contributed by atoms with Crippen molar-refractivity contribution in [1.82, 2.24) is 20.1 Å². The van der Waals surface area contributed by atoms with E-state index in [0.29, 0.717) is 43.5 Å². The Morgan fingerprint density at radius 2 is 1.81 bits per heavy atom. The van der Waals surface area contributed by atoms with Crippen LogP contribution in [0.25, 0.3) is 0 Å². The Labute approximate surface area is 288 Å². The van der Waals surface area contributed by atoms with Crippen molar-refractivity contribution < 1.29 is 24.1 Å². The summed E-state index contributed by atoms with van der Waals surface area (Å²) in [5.74, 6) is 0.523. The van der Waals surface area contributed by atoms with Crippen LogP contribution in [0.1, 0.15) is 106 Å². The van der Waals surface area contributed by atoms with Crippen LogP contribution in [0, 0.1) is 56.7 Å². The third-order valence-electron chi connectivity index (χ3n) is 16.4. The molecule has 0 unspecified atom stereocenters. The highest BCUT2D eigenvalue weighted by molar-refractivity contribution is 5.73. The Balaban J connectivity index is 1.28. The lowest BCUT2D eigenvalue weighted by molar-refractivity contribution is -0.253. The number of aromatic nitrogens is 3. The van der Waals surface area contributed by atoms with Crippen LogP contribution in [0.15, 0.2) is 24.3 Å². The van der Waals surface area contributed by atoms with Crippen LogP contribution in [-0.4, -0.2) is 77.6 Å². The van der Waals surface area contributed by atoms with E-state index in [0.717, 1.165) is 64.6 Å². The summed E-state index contributed by atoms with van der Waals surface area (Å²) < 4.78 is 21.7. The van der Waals surface area contributed by atoms with Gasteiger partial charge in [0.05, 0.1) is 37.9 Å². The third-order valence-corrected chi connectivity index (χ3v) is 16.4. The minimum Gasteiger partial charge on any atom is -0.481 e. The summed E-state index contributed by atoms with van der Waals surface area (Å²) in [6.45, 7) is 19.8. The van der Waals surface area contributed by atoms with Gasteiger partial charge in [-0.25, -0.2) is 9.67 Å². The number of carboxylic acid groups (broad SMARTS) is 1. The Morgan fingerprint density at radius 3 is 2.46 bits per heavy atom. The molecular weight excluding hydrogens is 604 g/mol. The monoisotopic (exact) mass is 666 g/mol. The van der Waals surface area contributed by atoms with Crippen molar-refractivity contribution in [2.75, 3.05) is 40.1 Å². The fourth-order valence-electron chi connectivity index (χ4n) is 13.0. The van der Waals surface area contributed by atoms with Gasteiger partial charge >= 0.3 is 5.97 Å². The minimum atomic E-state index is -0.608. The number of rotatable bonds is 8. The number of hydrogen-bond acceptors (Lipinski definition) is 7. The zero-order valence-corrected chi connectivity index (χ0v) is 30.9. The number of carboxylic acids is 1. The predicted molar refractivity (Wildman–Crippen MR) is 184 cm³/mol. The standard InChI is InChI=1S/C39H62N4O5/c1-25(2)26(3)34(4)13-14-36(6)27-9-10-30-35(5)20-47-22-39(30,28(27)11-12-37(36,7)31(34)33(44)45)19-29(43-24-41-23-42-43)32(35)48-21-38(40-8)15-17-46-18-16-38/h11,23-27,29-32,40H,9-10,12-22H2,1-8H3,(H,44,45)/t26-,27+,29-,30+,31-,32+,34-,35+,36-,37+,39+/m1/s1. The van der Waals surface area contributed by atoms with Crippen LogP contribution in [0.3, 0.4) is 0 Å². The van der Waals surface area contributed by atoms with Gasteiger partial charge < -0.3 is 24.6 Å². The van der Waals surface area contributed by atoms with Crippen LogP contribution in [0.4, 0.5) is 0 Å². The van der Waals surface area contributed by atoms with E-state index in [1.807, 2.05) is 6.33 Å². The average molecular weight is 667 g/mol. The Hall–Kier alpha value is -1.81. The SMILES string of the molecule is CNC1(CO[C@H]2[C@H](n3cncn3)C[C@@]34COC[C@@]2(C)[C@@H]3CC[C@H]2C4=CC[C@@]3(C)[C@H](C(=O)O)[C@@](C)([C@H](C)C(C)C)CC[C@]23C)CCOCC1. The molecule has 2 aliphatic heterocycles. The molecule has 7 rings (SSSR count). The van der Waals surface area contributed by atoms with Crippen LogP contribution >= 0.6 is 0 Å². The number of nitrogens with zero attached hydrogens (tertiary/aromatic N) is 3. The first kappa shape index (κ1) is 34.6. The summed E-state index contributed by atoms with van der Waals surface area (Å²) in [4.78, 5) is 17.9. The van der Waals surface area contributed by atoms with Gasteiger partial charge in [0.15, 0.2) is 0 Å². The zero-order chi connectivity index (χ0) is 34.3. The van der Waals surface area contributed by atoms with Crippen LogP contribution in [0.5, 0.6) is 0 Å². The quantitative estimate of drug-likeness (QED) is 0.301. The van der Waals surface area contributed by atoms with Gasteiger partial charge in [-0.3, -0.25) is 4.79 Å². The lowest BCUT2D eigenvalue weighted by atomic mass is 9.34. The maximum absolute atomic E-state index is 13.5. The molecule has 5 fully saturated rings. The summed E-state index contributed by atoms with van der Waals surface area (Å²) in [5, 5.41) is 19.4. The summed E-state index contributed by atoms with van der Waals surface area (Å²) in [7, 11) is 2.05. The molecule has 0 spiro atoms. The predicted octanol–water partition coefficient (Wildman–Crippen LogP) is 6.56. The lowest BCUT2D eigenvalue weighted by Crippen LogP contribution is -2.69. The molecule has 2 saturated heterocycles. The number of likely N-dealkylation sites (N-methyl/N-ethyl adjacent to an activating group) is 1. The normalized spacial score (nSPS) is 45.8. The first-order chi connectivity index (χ1) is 22.7. The van der Waals surface area contributed by atoms with Crippen LogP contribution < -0.4 is 5.32 Å². The smallest absolute Gasteiger partial charge is 0.307 e. The number of nitrogens with one attached hydrogen (secondary N) is 1. The van der Waals surface area contributed by atoms with Crippen LogP contribution in [0.2, 0.25) is 0 Å². The van der Waals surface area contributed by atoms with E-state index < -0.39 is 11.9 Å². The molecule has 0 radical (unpaired) electrons. The molecule has 3 saturated carbocycles. The van der Waals surface area contributed by atoms with E-state index in [4.69, 9.17) is 19.3 Å². The summed E-state index contributed by atoms with van der Waals surface area (Å²) in [5.41, 5.74) is 0.420. The van der Waals surface area contributed by atoms with E-state index in [1.54, 1.807) is 11.9 Å². The summed E-state index contributed by atoms with van der Waals surface area (Å²) in [6.07, 6.45) is 13.8. The molecule has 9 nitrogen and oxygen atoms in total. The Bertz CT molecular complexity index is 1390. The van der Waals surface area contributed by atoms with E-state index in [1.165, 1.54) is 0 Å².